The van der Waals surface area contributed by atoms with E-state index in [-0.39, 0.29) is 28.1 Å². The van der Waals surface area contributed by atoms with E-state index in [4.69, 9.17) is 0 Å². The lowest BCUT2D eigenvalue weighted by atomic mass is 10.1. The highest BCUT2D eigenvalue weighted by Gasteiger charge is 2.20. The molecule has 2 heterocycles. The number of benzene rings is 2. The van der Waals surface area contributed by atoms with Crippen molar-refractivity contribution in [3.63, 3.8) is 0 Å². The zero-order valence-corrected chi connectivity index (χ0v) is 14.2. The number of nitrogens with zero attached hydrogens (tertiary/aromatic N) is 3. The minimum absolute atomic E-state index is 0.0119. The lowest BCUT2D eigenvalue weighted by molar-refractivity contribution is -0.767. The highest BCUT2D eigenvalue weighted by atomic mass is 17.0. The molecule has 0 bridgehead atoms. The quantitative estimate of drug-likeness (QED) is 0.355. The van der Waals surface area contributed by atoms with Crippen molar-refractivity contribution in [2.45, 2.75) is 13.3 Å². The van der Waals surface area contributed by atoms with Crippen LogP contribution in [0.5, 0.6) is 0 Å². The summed E-state index contributed by atoms with van der Waals surface area (Å²) < 4.78 is 1.58. The highest BCUT2D eigenvalue weighted by molar-refractivity contribution is 5.97. The fraction of sp³-hybridized carbons (Fsp3) is 0.111. The van der Waals surface area contributed by atoms with E-state index in [1.54, 1.807) is 24.3 Å². The molecule has 28 heavy (non-hydrogen) atoms. The summed E-state index contributed by atoms with van der Waals surface area (Å²) >= 11 is 0. The third-order valence-electron chi connectivity index (χ3n) is 4.54. The average molecular weight is 381 g/mol. The van der Waals surface area contributed by atoms with Gasteiger partial charge in [-0.1, -0.05) is 30.3 Å². The lowest BCUT2D eigenvalue weighted by Crippen LogP contribution is -2.27. The van der Waals surface area contributed by atoms with Crippen molar-refractivity contribution in [2.24, 2.45) is 0 Å². The second-order valence-electron chi connectivity index (χ2n) is 6.15. The van der Waals surface area contributed by atoms with Gasteiger partial charge in [0, 0.05) is 0 Å². The molecule has 0 aliphatic heterocycles. The van der Waals surface area contributed by atoms with Crippen molar-refractivity contribution < 1.29 is 9.92 Å². The number of fused-ring (bicyclic) bond motifs is 2. The Kier molecular flexibility index (Phi) is 3.88. The number of hydrogen-bond acceptors (Lipinski definition) is 7. The molecule has 0 saturated heterocycles. The van der Waals surface area contributed by atoms with E-state index >= 15 is 0 Å². The maximum atomic E-state index is 12.7. The van der Waals surface area contributed by atoms with Crippen molar-refractivity contribution in [1.82, 2.24) is 9.13 Å². The zero-order chi connectivity index (χ0) is 20.0. The SMILES string of the molecule is O=c1c2cc3c(=O)n(Cc4ccccc4)c(=O)c3cc2c(=O)n1CO[N+](=O)[O-]. The van der Waals surface area contributed by atoms with Gasteiger partial charge >= 0.3 is 0 Å². The Morgan fingerprint density at radius 2 is 1.25 bits per heavy atom. The van der Waals surface area contributed by atoms with E-state index in [1.165, 1.54) is 12.1 Å². The summed E-state index contributed by atoms with van der Waals surface area (Å²) in [7, 11) is 0. The van der Waals surface area contributed by atoms with Crippen molar-refractivity contribution in [1.29, 1.82) is 0 Å². The van der Waals surface area contributed by atoms with Crippen LogP contribution in [0.15, 0.2) is 61.6 Å². The van der Waals surface area contributed by atoms with E-state index in [2.05, 4.69) is 4.84 Å². The Balaban J connectivity index is 1.92. The van der Waals surface area contributed by atoms with Gasteiger partial charge in [0.1, 0.15) is 0 Å². The maximum Gasteiger partial charge on any atom is 0.296 e. The summed E-state index contributed by atoms with van der Waals surface area (Å²) in [5.74, 6) is 0. The highest BCUT2D eigenvalue weighted by Crippen LogP contribution is 2.15. The van der Waals surface area contributed by atoms with Gasteiger partial charge in [-0.2, -0.15) is 0 Å². The Labute approximate surface area is 154 Å². The summed E-state index contributed by atoms with van der Waals surface area (Å²) in [4.78, 5) is 64.5. The molecule has 10 heteroatoms. The van der Waals surface area contributed by atoms with Crippen LogP contribution in [-0.4, -0.2) is 14.2 Å². The molecule has 0 aliphatic rings. The average Bonchev–Trinajstić information content (AvgIpc) is 3.05. The molecule has 10 nitrogen and oxygen atoms in total. The first kappa shape index (κ1) is 17.3. The van der Waals surface area contributed by atoms with E-state index < -0.39 is 34.1 Å². The third kappa shape index (κ3) is 2.58. The molecule has 2 aromatic carbocycles. The first-order chi connectivity index (χ1) is 13.4. The molecule has 0 fully saturated rings. The van der Waals surface area contributed by atoms with Crippen molar-refractivity contribution >= 4 is 21.5 Å². The minimum atomic E-state index is -1.13. The second kappa shape index (κ2) is 6.27. The van der Waals surface area contributed by atoms with E-state index in [9.17, 15) is 29.3 Å². The standard InChI is InChI=1S/C18H11N3O7/c22-15-11-6-13-14(18(25)20(17(13)24)9-28-21(26)27)7-12(11)16(23)19(15)8-10-4-2-1-3-5-10/h1-7H,8-9H2. The van der Waals surface area contributed by atoms with Crippen LogP contribution in [0.2, 0.25) is 0 Å². The fourth-order valence-electron chi connectivity index (χ4n) is 3.21. The maximum absolute atomic E-state index is 12.7. The van der Waals surface area contributed by atoms with E-state index in [0.717, 1.165) is 10.1 Å². The van der Waals surface area contributed by atoms with Crippen LogP contribution in [0.1, 0.15) is 5.56 Å². The lowest BCUT2D eigenvalue weighted by Gasteiger charge is -1.99. The van der Waals surface area contributed by atoms with Crippen molar-refractivity contribution in [3.05, 3.63) is 99.6 Å². The van der Waals surface area contributed by atoms with Gasteiger partial charge in [-0.25, -0.2) is 4.57 Å². The zero-order valence-electron chi connectivity index (χ0n) is 14.2. The smallest absolute Gasteiger partial charge is 0.292 e. The van der Waals surface area contributed by atoms with Gasteiger partial charge in [0.05, 0.1) is 28.1 Å². The summed E-state index contributed by atoms with van der Waals surface area (Å²) in [5.41, 5.74) is -2.06. The number of rotatable bonds is 5. The van der Waals surface area contributed by atoms with Crippen LogP contribution >= 0.6 is 0 Å². The van der Waals surface area contributed by atoms with Crippen LogP contribution in [0.4, 0.5) is 0 Å². The van der Waals surface area contributed by atoms with Gasteiger partial charge < -0.3 is 0 Å². The van der Waals surface area contributed by atoms with Gasteiger partial charge in [-0.15, -0.1) is 10.1 Å². The van der Waals surface area contributed by atoms with Crippen LogP contribution in [0.25, 0.3) is 21.5 Å². The summed E-state index contributed by atoms with van der Waals surface area (Å²) in [6.07, 6.45) is 0. The molecule has 0 amide bonds. The predicted octanol–water partition coefficient (Wildman–Crippen LogP) is 0.127. The van der Waals surface area contributed by atoms with Gasteiger partial charge in [0.15, 0.2) is 6.73 Å². The van der Waals surface area contributed by atoms with Crippen LogP contribution in [-0.2, 0) is 18.1 Å². The van der Waals surface area contributed by atoms with Crippen LogP contribution in [0, 0.1) is 10.1 Å². The molecular weight excluding hydrogens is 370 g/mol. The molecular formula is C18H11N3O7. The molecule has 0 atom stereocenters. The molecule has 0 N–H and O–H groups in total. The van der Waals surface area contributed by atoms with Crippen LogP contribution < -0.4 is 22.2 Å². The first-order valence-corrected chi connectivity index (χ1v) is 8.10. The minimum Gasteiger partial charge on any atom is -0.292 e. The number of hydrogen-bond donors (Lipinski definition) is 0. The molecule has 0 spiro atoms. The Morgan fingerprint density at radius 1 is 0.786 bits per heavy atom. The van der Waals surface area contributed by atoms with Crippen LogP contribution in [0.3, 0.4) is 0 Å². The Hall–Kier alpha value is -4.08. The molecule has 0 aliphatic carbocycles. The molecule has 140 valence electrons. The monoisotopic (exact) mass is 381 g/mol. The summed E-state index contributed by atoms with van der Waals surface area (Å²) in [6.45, 7) is -0.811. The second-order valence-corrected chi connectivity index (χ2v) is 6.15. The first-order valence-electron chi connectivity index (χ1n) is 8.10. The molecule has 4 aromatic rings. The van der Waals surface area contributed by atoms with Gasteiger partial charge in [0.25, 0.3) is 27.3 Å². The fourth-order valence-corrected chi connectivity index (χ4v) is 3.21. The normalized spacial score (nSPS) is 11.3. The molecule has 0 unspecified atom stereocenters. The van der Waals surface area contributed by atoms with Gasteiger partial charge in [0.2, 0.25) is 0 Å². The van der Waals surface area contributed by atoms with E-state index in [1.807, 2.05) is 6.07 Å². The Morgan fingerprint density at radius 3 is 1.71 bits per heavy atom. The van der Waals surface area contributed by atoms with Crippen molar-refractivity contribution in [3.8, 4) is 0 Å². The third-order valence-corrected chi connectivity index (χ3v) is 4.54. The predicted molar refractivity (Wildman–Crippen MR) is 98.5 cm³/mol. The number of aromatic nitrogens is 2. The topological polar surface area (TPSA) is 131 Å². The molecule has 0 saturated carbocycles. The Bertz CT molecular complexity index is 1360. The summed E-state index contributed by atoms with van der Waals surface area (Å²) in [6, 6.07) is 11.3. The van der Waals surface area contributed by atoms with E-state index in [0.29, 0.717) is 4.57 Å². The largest absolute Gasteiger partial charge is 0.296 e. The van der Waals surface area contributed by atoms with Gasteiger partial charge in [-0.3, -0.25) is 28.6 Å². The molecule has 0 radical (unpaired) electrons. The molecule has 2 aromatic heterocycles. The molecule has 4 rings (SSSR count). The van der Waals surface area contributed by atoms with Crippen molar-refractivity contribution in [2.75, 3.05) is 0 Å². The van der Waals surface area contributed by atoms with Gasteiger partial charge in [-0.05, 0) is 17.7 Å². The summed E-state index contributed by atoms with van der Waals surface area (Å²) in [5, 5.41) is 9.02.